The Labute approximate surface area is 236 Å². The fourth-order valence-corrected chi connectivity index (χ4v) is 6.15. The van der Waals surface area contributed by atoms with E-state index in [1.165, 1.54) is 28.1 Å². The van der Waals surface area contributed by atoms with Gasteiger partial charge >= 0.3 is 0 Å². The van der Waals surface area contributed by atoms with Gasteiger partial charge in [0, 0.05) is 10.9 Å². The Kier molecular flexibility index (Phi) is 5.83. The van der Waals surface area contributed by atoms with Crippen molar-refractivity contribution in [1.29, 1.82) is 0 Å². The fraction of sp³-hybridized carbons (Fsp3) is 0.172. The predicted molar refractivity (Wildman–Crippen MR) is 155 cm³/mol. The van der Waals surface area contributed by atoms with Crippen LogP contribution in [0.15, 0.2) is 71.1 Å². The van der Waals surface area contributed by atoms with Crippen molar-refractivity contribution in [3.05, 3.63) is 93.2 Å². The summed E-state index contributed by atoms with van der Waals surface area (Å²) in [5.41, 5.74) is 9.52. The maximum atomic E-state index is 15.0. The van der Waals surface area contributed by atoms with E-state index in [9.17, 15) is 4.79 Å². The molecule has 8 nitrogen and oxygen atoms in total. The van der Waals surface area contributed by atoms with Crippen molar-refractivity contribution in [3.8, 4) is 28.1 Å². The van der Waals surface area contributed by atoms with Gasteiger partial charge in [-0.25, -0.2) is 19.0 Å². The third kappa shape index (κ3) is 4.02. The van der Waals surface area contributed by atoms with Gasteiger partial charge in [-0.05, 0) is 55.2 Å². The molecule has 4 heterocycles. The summed E-state index contributed by atoms with van der Waals surface area (Å²) < 4.78 is 23.9. The minimum absolute atomic E-state index is 0.0729. The highest BCUT2D eigenvalue weighted by molar-refractivity contribution is 7.16. The van der Waals surface area contributed by atoms with Crippen molar-refractivity contribution >= 4 is 44.6 Å². The van der Waals surface area contributed by atoms with E-state index in [0.29, 0.717) is 37.8 Å². The normalized spacial score (nSPS) is 14.2. The lowest BCUT2D eigenvalue weighted by Gasteiger charge is -2.18. The van der Waals surface area contributed by atoms with Gasteiger partial charge in [-0.3, -0.25) is 9.20 Å². The lowest BCUT2D eigenvalue weighted by atomic mass is 9.97. The summed E-state index contributed by atoms with van der Waals surface area (Å²) in [4.78, 5) is 23.2. The second-order valence-corrected chi connectivity index (χ2v) is 11.0. The van der Waals surface area contributed by atoms with Gasteiger partial charge in [0.15, 0.2) is 17.2 Å². The average Bonchev–Trinajstić information content (AvgIpc) is 3.57. The number of pyridine rings is 1. The molecule has 6 aromatic rings. The van der Waals surface area contributed by atoms with Gasteiger partial charge in [-0.1, -0.05) is 41.9 Å². The summed E-state index contributed by atoms with van der Waals surface area (Å²) >= 11 is 7.77. The van der Waals surface area contributed by atoms with Gasteiger partial charge in [-0.15, -0.1) is 11.3 Å². The van der Waals surface area contributed by atoms with E-state index in [1.807, 2.05) is 43.3 Å². The van der Waals surface area contributed by atoms with Gasteiger partial charge in [-0.2, -0.15) is 5.10 Å². The largest absolute Gasteiger partial charge is 0.487 e. The molecule has 7 rings (SSSR count). The number of nitrogens with zero attached hydrogens (tertiary/aromatic N) is 5. The number of hydrogen-bond donors (Lipinski definition) is 1. The van der Waals surface area contributed by atoms with Crippen LogP contribution in [0.3, 0.4) is 0 Å². The zero-order valence-electron chi connectivity index (χ0n) is 21.2. The van der Waals surface area contributed by atoms with Crippen molar-refractivity contribution in [2.24, 2.45) is 0 Å². The Morgan fingerprint density at radius 1 is 1.12 bits per heavy atom. The number of halogens is 2. The fourth-order valence-electron chi connectivity index (χ4n) is 4.99. The zero-order chi connectivity index (χ0) is 27.5. The number of ether oxygens (including phenoxy) is 1. The number of nitrogen functional groups attached to an aromatic ring is 1. The third-order valence-corrected chi connectivity index (χ3v) is 8.41. The molecule has 4 aromatic heterocycles. The number of nitrogens with two attached hydrogens (primary N) is 1. The minimum atomic E-state index is -0.477. The molecule has 0 bridgehead atoms. The summed E-state index contributed by atoms with van der Waals surface area (Å²) in [5, 5.41) is 7.48. The Morgan fingerprint density at radius 3 is 2.67 bits per heavy atom. The molecule has 1 aliphatic rings. The molecule has 1 saturated carbocycles. The third-order valence-electron chi connectivity index (χ3n) is 7.12. The highest BCUT2D eigenvalue weighted by Crippen LogP contribution is 2.38. The van der Waals surface area contributed by atoms with Crippen LogP contribution in [0.2, 0.25) is 5.15 Å². The molecule has 1 aliphatic carbocycles. The van der Waals surface area contributed by atoms with Crippen LogP contribution in [-0.2, 0) is 0 Å². The number of aromatic nitrogens is 5. The first-order valence-corrected chi connectivity index (χ1v) is 14.0. The molecule has 11 heteroatoms. The molecule has 0 aliphatic heterocycles. The second kappa shape index (κ2) is 9.42. The molecule has 2 aromatic carbocycles. The molecule has 0 amide bonds. The zero-order valence-corrected chi connectivity index (χ0v) is 22.8. The number of rotatable bonds is 6. The summed E-state index contributed by atoms with van der Waals surface area (Å²) in [6.45, 7) is 1.94. The van der Waals surface area contributed by atoms with Gasteiger partial charge in [0.1, 0.15) is 27.8 Å². The van der Waals surface area contributed by atoms with Crippen LogP contribution in [0.1, 0.15) is 31.4 Å². The van der Waals surface area contributed by atoms with Gasteiger partial charge in [0.05, 0.1) is 23.1 Å². The highest BCUT2D eigenvalue weighted by Gasteiger charge is 2.27. The standard InChI is InChI=1S/C29H22ClFN6O2S/c1-15(19-12-23-36(22(30)13-40-23)29(38)24(19)16-5-3-2-4-6-16)37-28-25(27(32)33-14-34-28)26(35-37)17-7-10-21(20(31)11-17)39-18-8-9-18/h2-7,10-15,18H,8-9H2,1H3,(H2,32,33,34). The Morgan fingerprint density at radius 2 is 1.93 bits per heavy atom. The Hall–Kier alpha value is -4.28. The predicted octanol–water partition coefficient (Wildman–Crippen LogP) is 6.36. The van der Waals surface area contributed by atoms with Crippen LogP contribution in [0.4, 0.5) is 10.2 Å². The van der Waals surface area contributed by atoms with Crippen LogP contribution in [0.5, 0.6) is 5.75 Å². The molecular weight excluding hydrogens is 551 g/mol. The number of benzene rings is 2. The molecule has 200 valence electrons. The van der Waals surface area contributed by atoms with Crippen molar-refractivity contribution < 1.29 is 9.13 Å². The number of thiazole rings is 1. The van der Waals surface area contributed by atoms with Crippen molar-refractivity contribution in [1.82, 2.24) is 24.1 Å². The number of anilines is 1. The molecule has 1 unspecified atom stereocenters. The molecule has 0 spiro atoms. The molecule has 2 N–H and O–H groups in total. The SMILES string of the molecule is CC(c1cc2scc(Cl)n2c(=O)c1-c1ccccc1)n1nc(-c2ccc(OC3CC3)c(F)c2)c2c(N)ncnc21. The highest BCUT2D eigenvalue weighted by atomic mass is 35.5. The summed E-state index contributed by atoms with van der Waals surface area (Å²) in [7, 11) is 0. The van der Waals surface area contributed by atoms with E-state index in [4.69, 9.17) is 27.2 Å². The maximum absolute atomic E-state index is 15.0. The van der Waals surface area contributed by atoms with Gasteiger partial charge in [0.2, 0.25) is 0 Å². The first-order valence-electron chi connectivity index (χ1n) is 12.7. The van der Waals surface area contributed by atoms with Gasteiger partial charge in [0.25, 0.3) is 5.56 Å². The summed E-state index contributed by atoms with van der Waals surface area (Å²) in [6.07, 6.45) is 3.30. The number of fused-ring (bicyclic) bond motifs is 2. The lowest BCUT2D eigenvalue weighted by Crippen LogP contribution is -2.20. The Balaban J connectivity index is 1.43. The first-order chi connectivity index (χ1) is 19.4. The lowest BCUT2D eigenvalue weighted by molar-refractivity contribution is 0.287. The molecule has 1 atom stereocenters. The van der Waals surface area contributed by atoms with E-state index in [1.54, 1.807) is 22.2 Å². The maximum Gasteiger partial charge on any atom is 0.265 e. The summed E-state index contributed by atoms with van der Waals surface area (Å²) in [5.74, 6) is -0.0422. The van der Waals surface area contributed by atoms with E-state index in [2.05, 4.69) is 9.97 Å². The van der Waals surface area contributed by atoms with Crippen LogP contribution >= 0.6 is 22.9 Å². The van der Waals surface area contributed by atoms with E-state index in [0.717, 1.165) is 24.0 Å². The topological polar surface area (TPSA) is 100 Å². The quantitative estimate of drug-likeness (QED) is 0.249. The van der Waals surface area contributed by atoms with Crippen molar-refractivity contribution in [2.45, 2.75) is 31.9 Å². The molecule has 0 saturated heterocycles. The number of hydrogen-bond acceptors (Lipinski definition) is 7. The molecule has 40 heavy (non-hydrogen) atoms. The summed E-state index contributed by atoms with van der Waals surface area (Å²) in [6, 6.07) is 15.7. The second-order valence-electron chi connectivity index (χ2n) is 9.77. The minimum Gasteiger partial charge on any atom is -0.487 e. The van der Waals surface area contributed by atoms with E-state index < -0.39 is 11.9 Å². The molecule has 0 radical (unpaired) electrons. The van der Waals surface area contributed by atoms with E-state index >= 15 is 4.39 Å². The van der Waals surface area contributed by atoms with Crippen molar-refractivity contribution in [2.75, 3.05) is 5.73 Å². The smallest absolute Gasteiger partial charge is 0.265 e. The molecular formula is C29H22ClFN6O2S. The van der Waals surface area contributed by atoms with E-state index in [-0.39, 0.29) is 23.2 Å². The van der Waals surface area contributed by atoms with Crippen LogP contribution in [0.25, 0.3) is 38.2 Å². The first kappa shape index (κ1) is 24.7. The van der Waals surface area contributed by atoms with Crippen LogP contribution in [-0.4, -0.2) is 30.3 Å². The monoisotopic (exact) mass is 572 g/mol. The van der Waals surface area contributed by atoms with Crippen molar-refractivity contribution in [3.63, 3.8) is 0 Å². The van der Waals surface area contributed by atoms with Crippen LogP contribution < -0.4 is 16.0 Å². The van der Waals surface area contributed by atoms with Crippen LogP contribution in [0, 0.1) is 5.82 Å². The van der Waals surface area contributed by atoms with Gasteiger partial charge < -0.3 is 10.5 Å². The Bertz CT molecular complexity index is 1980. The molecule has 1 fully saturated rings. The average molecular weight is 573 g/mol.